The molecular formula is C22H18BrN3. The van der Waals surface area contributed by atoms with Crippen LogP contribution in [0.25, 0.3) is 11.0 Å². The first-order valence-corrected chi connectivity index (χ1v) is 9.63. The lowest BCUT2D eigenvalue weighted by atomic mass is 9.93. The van der Waals surface area contributed by atoms with E-state index in [2.05, 4.69) is 98.6 Å². The highest BCUT2D eigenvalue weighted by atomic mass is 79.9. The summed E-state index contributed by atoms with van der Waals surface area (Å²) in [6.07, 6.45) is 0.985. The summed E-state index contributed by atoms with van der Waals surface area (Å²) >= 11 is 3.53. The molecule has 0 saturated carbocycles. The average molecular weight is 404 g/mol. The predicted octanol–water partition coefficient (Wildman–Crippen LogP) is 5.95. The van der Waals surface area contributed by atoms with Crippen molar-refractivity contribution in [3.63, 3.8) is 0 Å². The van der Waals surface area contributed by atoms with Gasteiger partial charge in [0.15, 0.2) is 0 Å². The maximum absolute atomic E-state index is 4.86. The first-order chi connectivity index (χ1) is 12.8. The average Bonchev–Trinajstić information content (AvgIpc) is 3.07. The van der Waals surface area contributed by atoms with Gasteiger partial charge >= 0.3 is 0 Å². The summed E-state index contributed by atoms with van der Waals surface area (Å²) in [5, 5.41) is 3.66. The van der Waals surface area contributed by atoms with Gasteiger partial charge < -0.3 is 9.88 Å². The zero-order valence-corrected chi connectivity index (χ0v) is 15.7. The van der Waals surface area contributed by atoms with Crippen LogP contribution in [0.2, 0.25) is 0 Å². The Morgan fingerprint density at radius 3 is 2.38 bits per heavy atom. The van der Waals surface area contributed by atoms with E-state index in [9.17, 15) is 0 Å². The van der Waals surface area contributed by atoms with Crippen LogP contribution in [0.5, 0.6) is 0 Å². The van der Waals surface area contributed by atoms with Crippen molar-refractivity contribution < 1.29 is 0 Å². The largest absolute Gasteiger partial charge is 0.349 e. The zero-order chi connectivity index (χ0) is 17.5. The molecule has 1 aliphatic heterocycles. The molecule has 1 N–H and O–H groups in total. The number of imidazole rings is 1. The van der Waals surface area contributed by atoms with E-state index in [4.69, 9.17) is 4.98 Å². The maximum Gasteiger partial charge on any atom is 0.204 e. The molecule has 4 heteroatoms. The molecule has 0 amide bonds. The molecule has 1 aromatic heterocycles. The normalized spacial score (nSPS) is 19.1. The SMILES string of the molecule is Brc1ccc(C2CC(c3ccccc3)n3c(nc4ccccc43)N2)cc1. The predicted molar refractivity (Wildman–Crippen MR) is 109 cm³/mol. The van der Waals surface area contributed by atoms with Gasteiger partial charge in [0, 0.05) is 4.47 Å². The fraction of sp³-hybridized carbons (Fsp3) is 0.136. The first-order valence-electron chi connectivity index (χ1n) is 8.83. The van der Waals surface area contributed by atoms with Crippen LogP contribution in [0.1, 0.15) is 29.6 Å². The number of nitrogens with one attached hydrogen (secondary N) is 1. The minimum atomic E-state index is 0.234. The molecule has 0 spiro atoms. The van der Waals surface area contributed by atoms with Crippen molar-refractivity contribution in [3.05, 3.63) is 94.5 Å². The smallest absolute Gasteiger partial charge is 0.204 e. The van der Waals surface area contributed by atoms with Crippen LogP contribution in [0.4, 0.5) is 5.95 Å². The summed E-state index contributed by atoms with van der Waals surface area (Å²) < 4.78 is 3.45. The number of nitrogens with zero attached hydrogens (tertiary/aromatic N) is 2. The zero-order valence-electron chi connectivity index (χ0n) is 14.1. The second-order valence-corrected chi connectivity index (χ2v) is 7.62. The highest BCUT2D eigenvalue weighted by Gasteiger charge is 2.30. The molecule has 1 aliphatic rings. The Kier molecular flexibility index (Phi) is 3.79. The van der Waals surface area contributed by atoms with Crippen LogP contribution in [0.3, 0.4) is 0 Å². The van der Waals surface area contributed by atoms with E-state index in [1.165, 1.54) is 16.6 Å². The molecule has 26 heavy (non-hydrogen) atoms. The molecule has 3 nitrogen and oxygen atoms in total. The van der Waals surface area contributed by atoms with Gasteiger partial charge in [-0.2, -0.15) is 0 Å². The number of hydrogen-bond acceptors (Lipinski definition) is 2. The summed E-state index contributed by atoms with van der Waals surface area (Å²) in [5.74, 6) is 0.944. The van der Waals surface area contributed by atoms with E-state index < -0.39 is 0 Å². The molecule has 0 bridgehead atoms. The summed E-state index contributed by atoms with van der Waals surface area (Å²) in [7, 11) is 0. The lowest BCUT2D eigenvalue weighted by molar-refractivity contribution is 0.477. The number of benzene rings is 3. The number of aromatic nitrogens is 2. The lowest BCUT2D eigenvalue weighted by Gasteiger charge is -2.33. The maximum atomic E-state index is 4.86. The molecule has 5 rings (SSSR count). The molecule has 2 atom stereocenters. The van der Waals surface area contributed by atoms with Crippen molar-refractivity contribution in [2.75, 3.05) is 5.32 Å². The van der Waals surface area contributed by atoms with Crippen LogP contribution in [0, 0.1) is 0 Å². The van der Waals surface area contributed by atoms with Gasteiger partial charge in [-0.1, -0.05) is 70.5 Å². The van der Waals surface area contributed by atoms with E-state index >= 15 is 0 Å². The Labute approximate surface area is 160 Å². The Morgan fingerprint density at radius 2 is 1.58 bits per heavy atom. The van der Waals surface area contributed by atoms with Crippen LogP contribution in [-0.2, 0) is 0 Å². The van der Waals surface area contributed by atoms with E-state index in [-0.39, 0.29) is 12.1 Å². The fourth-order valence-electron chi connectivity index (χ4n) is 3.88. The Bertz CT molecular complexity index is 1050. The highest BCUT2D eigenvalue weighted by molar-refractivity contribution is 9.10. The number of anilines is 1. The Hall–Kier alpha value is -2.59. The van der Waals surface area contributed by atoms with E-state index in [1.807, 2.05) is 6.07 Å². The molecule has 0 radical (unpaired) electrons. The lowest BCUT2D eigenvalue weighted by Crippen LogP contribution is -2.27. The second-order valence-electron chi connectivity index (χ2n) is 6.70. The number of hydrogen-bond donors (Lipinski definition) is 1. The van der Waals surface area contributed by atoms with Gasteiger partial charge in [0.05, 0.1) is 23.1 Å². The van der Waals surface area contributed by atoms with E-state index in [1.54, 1.807) is 0 Å². The summed E-state index contributed by atoms with van der Waals surface area (Å²) in [4.78, 5) is 4.86. The van der Waals surface area contributed by atoms with Crippen molar-refractivity contribution in [1.29, 1.82) is 0 Å². The van der Waals surface area contributed by atoms with Crippen LogP contribution in [-0.4, -0.2) is 9.55 Å². The molecule has 0 fully saturated rings. The quantitative estimate of drug-likeness (QED) is 0.448. The molecule has 2 heterocycles. The van der Waals surface area contributed by atoms with Crippen molar-refractivity contribution in [3.8, 4) is 0 Å². The standard InChI is InChI=1S/C22H18BrN3/c23-17-12-10-15(11-13-17)19-14-21(16-6-2-1-3-7-16)26-20-9-5-4-8-18(20)24-22(26)25-19/h1-13,19,21H,14H2,(H,24,25). The molecule has 0 saturated heterocycles. The monoisotopic (exact) mass is 403 g/mol. The van der Waals surface area contributed by atoms with Crippen LogP contribution >= 0.6 is 15.9 Å². The van der Waals surface area contributed by atoms with E-state index in [0.29, 0.717) is 0 Å². The van der Waals surface area contributed by atoms with Crippen molar-refractivity contribution in [1.82, 2.24) is 9.55 Å². The topological polar surface area (TPSA) is 29.9 Å². The Balaban J connectivity index is 1.66. The van der Waals surface area contributed by atoms with Gasteiger partial charge in [-0.25, -0.2) is 4.98 Å². The second kappa shape index (κ2) is 6.29. The fourth-order valence-corrected chi connectivity index (χ4v) is 4.14. The van der Waals surface area contributed by atoms with Crippen molar-refractivity contribution >= 4 is 32.9 Å². The molecule has 0 aliphatic carbocycles. The van der Waals surface area contributed by atoms with Crippen molar-refractivity contribution in [2.24, 2.45) is 0 Å². The van der Waals surface area contributed by atoms with Gasteiger partial charge in [-0.3, -0.25) is 0 Å². The third-order valence-corrected chi connectivity index (χ3v) is 5.66. The molecule has 3 aromatic carbocycles. The van der Waals surface area contributed by atoms with Crippen LogP contribution in [0.15, 0.2) is 83.3 Å². The third-order valence-electron chi connectivity index (χ3n) is 5.13. The van der Waals surface area contributed by atoms with Crippen molar-refractivity contribution in [2.45, 2.75) is 18.5 Å². The van der Waals surface area contributed by atoms with Gasteiger partial charge in [-0.05, 0) is 41.8 Å². The first kappa shape index (κ1) is 15.6. The van der Waals surface area contributed by atoms with Gasteiger partial charge in [0.1, 0.15) is 0 Å². The van der Waals surface area contributed by atoms with Gasteiger partial charge in [-0.15, -0.1) is 0 Å². The summed E-state index contributed by atoms with van der Waals surface area (Å²) in [5.41, 5.74) is 4.82. The van der Waals surface area contributed by atoms with Crippen LogP contribution < -0.4 is 5.32 Å². The number of rotatable bonds is 2. The molecule has 4 aromatic rings. The molecule has 2 unspecified atom stereocenters. The molecular weight excluding hydrogens is 386 g/mol. The number of para-hydroxylation sites is 2. The Morgan fingerprint density at radius 1 is 0.846 bits per heavy atom. The minimum Gasteiger partial charge on any atom is -0.349 e. The number of halogens is 1. The summed E-state index contributed by atoms with van der Waals surface area (Å²) in [6, 6.07) is 28.2. The third kappa shape index (κ3) is 2.61. The number of fused-ring (bicyclic) bond motifs is 3. The molecule has 128 valence electrons. The van der Waals surface area contributed by atoms with Gasteiger partial charge in [0.2, 0.25) is 5.95 Å². The summed E-state index contributed by atoms with van der Waals surface area (Å²) in [6.45, 7) is 0. The van der Waals surface area contributed by atoms with Gasteiger partial charge in [0.25, 0.3) is 0 Å². The van der Waals surface area contributed by atoms with E-state index in [0.717, 1.165) is 22.4 Å². The highest BCUT2D eigenvalue weighted by Crippen LogP contribution is 2.41. The minimum absolute atomic E-state index is 0.234.